The van der Waals surface area contributed by atoms with Crippen LogP contribution in [0.2, 0.25) is 0 Å². The Kier molecular flexibility index (Phi) is 3.29. The van der Waals surface area contributed by atoms with Gasteiger partial charge in [0.1, 0.15) is 5.65 Å². The van der Waals surface area contributed by atoms with Gasteiger partial charge >= 0.3 is 0 Å². The monoisotopic (exact) mass is 372 g/mol. The number of hydrogen-bond acceptors (Lipinski definition) is 4. The van der Waals surface area contributed by atoms with Crippen LogP contribution in [-0.4, -0.2) is 39.2 Å². The molecule has 1 saturated carbocycles. The van der Waals surface area contributed by atoms with Gasteiger partial charge in [-0.25, -0.2) is 4.98 Å². The van der Waals surface area contributed by atoms with Crippen LogP contribution in [0, 0.1) is 0 Å². The first kappa shape index (κ1) is 16.0. The van der Waals surface area contributed by atoms with Crippen LogP contribution in [0.4, 0.5) is 0 Å². The Morgan fingerprint density at radius 3 is 2.32 bits per heavy atom. The van der Waals surface area contributed by atoms with Gasteiger partial charge in [0.2, 0.25) is 0 Å². The Bertz CT molecular complexity index is 1110. The molecule has 0 spiro atoms. The minimum Gasteiger partial charge on any atom is -0.315 e. The molecule has 2 aromatic heterocycles. The number of carbonyl (C=O) groups excluding carboxylic acids is 2. The molecular formula is C22H20N4O2. The van der Waals surface area contributed by atoms with Crippen LogP contribution < -0.4 is 5.32 Å². The summed E-state index contributed by atoms with van der Waals surface area (Å²) in [7, 11) is 0. The van der Waals surface area contributed by atoms with Crippen molar-refractivity contribution in [2.45, 2.75) is 31.2 Å². The smallest absolute Gasteiger partial charge is 0.261 e. The molecule has 0 radical (unpaired) electrons. The average Bonchev–Trinajstić information content (AvgIpc) is 3.39. The van der Waals surface area contributed by atoms with Crippen molar-refractivity contribution >= 4 is 17.5 Å². The number of carbonyl (C=O) groups is 2. The fourth-order valence-corrected chi connectivity index (χ4v) is 4.27. The number of pyridine rings is 1. The van der Waals surface area contributed by atoms with Crippen molar-refractivity contribution in [2.24, 2.45) is 0 Å². The minimum absolute atomic E-state index is 0.204. The molecule has 2 aliphatic heterocycles. The van der Waals surface area contributed by atoms with E-state index in [1.54, 1.807) is 24.3 Å². The van der Waals surface area contributed by atoms with Crippen LogP contribution in [0.1, 0.15) is 62.2 Å². The molecule has 1 saturated heterocycles. The standard InChI is InChI=1S/C22H20N4O2/c27-21-17-3-1-2-4-18(17)22(28)26(21)12-16-11-25-10-14(13-5-6-13)7-19(20(25)24-16)15-8-23-9-15/h1-4,7,10-11,13,15,23H,5-6,8-9,12H2. The Labute approximate surface area is 162 Å². The minimum atomic E-state index is -0.236. The number of imide groups is 1. The SMILES string of the molecule is O=C1c2ccccc2C(=O)N1Cc1cn2cc(C3CC3)cc(C3CNC3)c2n1. The third-order valence-electron chi connectivity index (χ3n) is 6.12. The van der Waals surface area contributed by atoms with Gasteiger partial charge in [-0.05, 0) is 42.5 Å². The molecule has 0 atom stereocenters. The third kappa shape index (κ3) is 2.34. The van der Waals surface area contributed by atoms with Gasteiger partial charge in [-0.15, -0.1) is 0 Å². The average molecular weight is 372 g/mol. The van der Waals surface area contributed by atoms with E-state index in [1.165, 1.54) is 28.9 Å². The molecule has 1 N–H and O–H groups in total. The fraction of sp³-hybridized carbons (Fsp3) is 0.318. The van der Waals surface area contributed by atoms with Gasteiger partial charge in [0, 0.05) is 37.0 Å². The molecule has 1 aromatic carbocycles. The maximum absolute atomic E-state index is 12.7. The number of imidazole rings is 1. The van der Waals surface area contributed by atoms with Crippen molar-refractivity contribution in [1.82, 2.24) is 19.6 Å². The van der Waals surface area contributed by atoms with Gasteiger partial charge in [0.15, 0.2) is 0 Å². The van der Waals surface area contributed by atoms with Crippen molar-refractivity contribution in [2.75, 3.05) is 13.1 Å². The van der Waals surface area contributed by atoms with Crippen LogP contribution in [0.25, 0.3) is 5.65 Å². The van der Waals surface area contributed by atoms with Crippen LogP contribution in [0.3, 0.4) is 0 Å². The lowest BCUT2D eigenvalue weighted by Gasteiger charge is -2.28. The molecule has 28 heavy (non-hydrogen) atoms. The maximum atomic E-state index is 12.7. The number of nitrogens with one attached hydrogen (secondary N) is 1. The highest BCUT2D eigenvalue weighted by atomic mass is 16.2. The molecule has 6 heteroatoms. The van der Waals surface area contributed by atoms with Crippen molar-refractivity contribution in [3.05, 3.63) is 70.7 Å². The van der Waals surface area contributed by atoms with E-state index in [4.69, 9.17) is 4.98 Å². The topological polar surface area (TPSA) is 66.7 Å². The van der Waals surface area contributed by atoms with E-state index < -0.39 is 0 Å². The largest absolute Gasteiger partial charge is 0.315 e. The predicted molar refractivity (Wildman–Crippen MR) is 103 cm³/mol. The number of amides is 2. The molecular weight excluding hydrogens is 352 g/mol. The van der Waals surface area contributed by atoms with E-state index >= 15 is 0 Å². The molecule has 0 bridgehead atoms. The zero-order valence-corrected chi connectivity index (χ0v) is 15.4. The Morgan fingerprint density at radius 2 is 1.71 bits per heavy atom. The molecule has 2 amide bonds. The van der Waals surface area contributed by atoms with Crippen molar-refractivity contribution < 1.29 is 9.59 Å². The van der Waals surface area contributed by atoms with E-state index in [0.29, 0.717) is 23.0 Å². The Hall–Kier alpha value is -2.99. The van der Waals surface area contributed by atoms with Crippen molar-refractivity contribution in [1.29, 1.82) is 0 Å². The van der Waals surface area contributed by atoms with Gasteiger partial charge in [0.25, 0.3) is 11.8 Å². The second-order valence-corrected chi connectivity index (χ2v) is 8.06. The first-order valence-corrected chi connectivity index (χ1v) is 9.86. The molecule has 2 fully saturated rings. The quantitative estimate of drug-likeness (QED) is 0.715. The molecule has 6 rings (SSSR count). The molecule has 3 aromatic rings. The van der Waals surface area contributed by atoms with Gasteiger partial charge in [-0.1, -0.05) is 12.1 Å². The van der Waals surface area contributed by atoms with E-state index in [0.717, 1.165) is 24.4 Å². The second kappa shape index (κ2) is 5.75. The summed E-state index contributed by atoms with van der Waals surface area (Å²) in [6.45, 7) is 2.16. The highest BCUT2D eigenvalue weighted by molar-refractivity contribution is 6.21. The molecule has 4 heterocycles. The highest BCUT2D eigenvalue weighted by Crippen LogP contribution is 2.41. The number of nitrogens with zero attached hydrogens (tertiary/aromatic N) is 3. The second-order valence-electron chi connectivity index (χ2n) is 8.06. The lowest BCUT2D eigenvalue weighted by Crippen LogP contribution is -2.40. The van der Waals surface area contributed by atoms with Crippen LogP contribution in [0.15, 0.2) is 42.7 Å². The summed E-state index contributed by atoms with van der Waals surface area (Å²) < 4.78 is 2.09. The van der Waals surface area contributed by atoms with E-state index in [1.807, 2.05) is 6.20 Å². The third-order valence-corrected chi connectivity index (χ3v) is 6.12. The molecule has 6 nitrogen and oxygen atoms in total. The van der Waals surface area contributed by atoms with Crippen molar-refractivity contribution in [3.8, 4) is 0 Å². The molecule has 3 aliphatic rings. The Morgan fingerprint density at radius 1 is 1.00 bits per heavy atom. The van der Waals surface area contributed by atoms with Gasteiger partial charge in [0.05, 0.1) is 23.4 Å². The first-order chi connectivity index (χ1) is 13.7. The van der Waals surface area contributed by atoms with Gasteiger partial charge in [-0.3, -0.25) is 14.5 Å². The molecule has 0 unspecified atom stereocenters. The summed E-state index contributed by atoms with van der Waals surface area (Å²) in [6, 6.07) is 9.32. The normalized spacial score (nSPS) is 19.4. The summed E-state index contributed by atoms with van der Waals surface area (Å²) in [5, 5.41) is 3.34. The van der Waals surface area contributed by atoms with E-state index in [-0.39, 0.29) is 18.4 Å². The lowest BCUT2D eigenvalue weighted by molar-refractivity contribution is 0.0640. The number of aromatic nitrogens is 2. The van der Waals surface area contributed by atoms with Crippen LogP contribution in [0.5, 0.6) is 0 Å². The number of benzene rings is 1. The van der Waals surface area contributed by atoms with Crippen LogP contribution >= 0.6 is 0 Å². The number of fused-ring (bicyclic) bond motifs is 2. The number of rotatable bonds is 4. The molecule has 1 aliphatic carbocycles. The zero-order chi connectivity index (χ0) is 18.8. The summed E-state index contributed by atoms with van der Waals surface area (Å²) >= 11 is 0. The number of hydrogen-bond donors (Lipinski definition) is 1. The van der Waals surface area contributed by atoms with E-state index in [2.05, 4.69) is 22.0 Å². The fourth-order valence-electron chi connectivity index (χ4n) is 4.27. The summed E-state index contributed by atoms with van der Waals surface area (Å²) in [4.78, 5) is 31.5. The highest BCUT2D eigenvalue weighted by Gasteiger charge is 2.36. The lowest BCUT2D eigenvalue weighted by atomic mass is 9.93. The first-order valence-electron chi connectivity index (χ1n) is 9.86. The van der Waals surface area contributed by atoms with Crippen LogP contribution in [-0.2, 0) is 6.54 Å². The zero-order valence-electron chi connectivity index (χ0n) is 15.4. The summed E-state index contributed by atoms with van der Waals surface area (Å²) in [5.74, 6) is 0.675. The van der Waals surface area contributed by atoms with E-state index in [9.17, 15) is 9.59 Å². The predicted octanol–water partition coefficient (Wildman–Crippen LogP) is 2.69. The summed E-state index contributed by atoms with van der Waals surface area (Å²) in [5.41, 5.74) is 5.30. The molecule has 140 valence electrons. The van der Waals surface area contributed by atoms with Gasteiger partial charge in [-0.2, -0.15) is 0 Å². The summed E-state index contributed by atoms with van der Waals surface area (Å²) in [6.07, 6.45) is 6.65. The van der Waals surface area contributed by atoms with Gasteiger partial charge < -0.3 is 9.72 Å². The Balaban J connectivity index is 1.38. The van der Waals surface area contributed by atoms with Crippen molar-refractivity contribution in [3.63, 3.8) is 0 Å². The maximum Gasteiger partial charge on any atom is 0.261 e.